The van der Waals surface area contributed by atoms with Gasteiger partial charge in [-0.2, -0.15) is 0 Å². The summed E-state index contributed by atoms with van der Waals surface area (Å²) >= 11 is 0. The Hall–Kier alpha value is -1.87. The molecule has 0 heterocycles. The maximum Gasteiger partial charge on any atom is 0.331 e. The summed E-state index contributed by atoms with van der Waals surface area (Å²) in [5.74, 6) is -0.901. The standard InChI is InChI=1S/C8H8.C7H13NO2/c1-2-8-6-4-3-5-7-8;1-6(7(9)10)4-5-8(2)3/h2-7H,1H2;1,4-5H2,2-3H3,(H,9,10). The number of aliphatic carboxylic acids is 1. The molecular weight excluding hydrogens is 226 g/mol. The van der Waals surface area contributed by atoms with Gasteiger partial charge in [0, 0.05) is 12.1 Å². The van der Waals surface area contributed by atoms with Crippen molar-refractivity contribution >= 4 is 12.0 Å². The van der Waals surface area contributed by atoms with Gasteiger partial charge >= 0.3 is 5.97 Å². The maximum absolute atomic E-state index is 10.2. The largest absolute Gasteiger partial charge is 0.478 e. The van der Waals surface area contributed by atoms with Crippen LogP contribution in [0.4, 0.5) is 0 Å². The van der Waals surface area contributed by atoms with E-state index in [4.69, 9.17) is 5.11 Å². The van der Waals surface area contributed by atoms with Gasteiger partial charge in [0.05, 0.1) is 0 Å². The van der Waals surface area contributed by atoms with Gasteiger partial charge in [-0.1, -0.05) is 49.6 Å². The summed E-state index contributed by atoms with van der Waals surface area (Å²) in [5.41, 5.74) is 1.45. The lowest BCUT2D eigenvalue weighted by atomic mass is 10.2. The number of hydrogen-bond acceptors (Lipinski definition) is 2. The van der Waals surface area contributed by atoms with E-state index < -0.39 is 5.97 Å². The lowest BCUT2D eigenvalue weighted by Gasteiger charge is -2.07. The predicted molar refractivity (Wildman–Crippen MR) is 76.5 cm³/mol. The molecule has 98 valence electrons. The van der Waals surface area contributed by atoms with Gasteiger partial charge in [0.25, 0.3) is 0 Å². The molecule has 0 unspecified atom stereocenters. The summed E-state index contributed by atoms with van der Waals surface area (Å²) in [5, 5.41) is 8.38. The van der Waals surface area contributed by atoms with Crippen molar-refractivity contribution in [1.82, 2.24) is 4.90 Å². The van der Waals surface area contributed by atoms with E-state index in [0.29, 0.717) is 6.42 Å². The maximum atomic E-state index is 10.2. The summed E-state index contributed by atoms with van der Waals surface area (Å²) < 4.78 is 0. The monoisotopic (exact) mass is 247 g/mol. The number of benzene rings is 1. The molecule has 0 saturated carbocycles. The van der Waals surface area contributed by atoms with Crippen LogP contribution in [0, 0.1) is 0 Å². The molecule has 0 aromatic heterocycles. The number of hydrogen-bond donors (Lipinski definition) is 1. The minimum Gasteiger partial charge on any atom is -0.478 e. The average Bonchev–Trinajstić information content (AvgIpc) is 2.37. The van der Waals surface area contributed by atoms with Crippen molar-refractivity contribution in [2.75, 3.05) is 20.6 Å². The summed E-state index contributed by atoms with van der Waals surface area (Å²) in [7, 11) is 3.80. The highest BCUT2D eigenvalue weighted by Crippen LogP contribution is 1.98. The molecule has 0 atom stereocenters. The molecule has 0 aliphatic carbocycles. The third-order valence-corrected chi connectivity index (χ3v) is 2.20. The minimum atomic E-state index is -0.901. The highest BCUT2D eigenvalue weighted by atomic mass is 16.4. The quantitative estimate of drug-likeness (QED) is 0.813. The minimum absolute atomic E-state index is 0.272. The Kier molecular flexibility index (Phi) is 8.24. The van der Waals surface area contributed by atoms with E-state index in [1.54, 1.807) is 0 Å². The lowest BCUT2D eigenvalue weighted by Crippen LogP contribution is -2.15. The van der Waals surface area contributed by atoms with Gasteiger partial charge in [-0.25, -0.2) is 4.79 Å². The van der Waals surface area contributed by atoms with Gasteiger partial charge in [0.1, 0.15) is 0 Å². The molecule has 1 aromatic carbocycles. The molecule has 3 heteroatoms. The third-order valence-electron chi connectivity index (χ3n) is 2.20. The zero-order valence-corrected chi connectivity index (χ0v) is 11.1. The molecule has 1 aromatic rings. The van der Waals surface area contributed by atoms with Crippen LogP contribution in [0.25, 0.3) is 6.08 Å². The van der Waals surface area contributed by atoms with Crippen molar-refractivity contribution in [3.63, 3.8) is 0 Å². The average molecular weight is 247 g/mol. The van der Waals surface area contributed by atoms with Gasteiger partial charge in [-0.15, -0.1) is 0 Å². The van der Waals surface area contributed by atoms with Crippen LogP contribution in [0.3, 0.4) is 0 Å². The fourth-order valence-corrected chi connectivity index (χ4v) is 1.05. The van der Waals surface area contributed by atoms with E-state index in [1.165, 1.54) is 5.56 Å². The Balaban J connectivity index is 0.000000327. The zero-order chi connectivity index (χ0) is 14.0. The summed E-state index contributed by atoms with van der Waals surface area (Å²) in [6.45, 7) is 7.77. The van der Waals surface area contributed by atoms with Crippen molar-refractivity contribution < 1.29 is 9.90 Å². The lowest BCUT2D eigenvalue weighted by molar-refractivity contribution is -0.132. The summed E-state index contributed by atoms with van der Waals surface area (Å²) in [6.07, 6.45) is 2.36. The van der Waals surface area contributed by atoms with E-state index in [1.807, 2.05) is 55.4 Å². The van der Waals surface area contributed by atoms with Gasteiger partial charge in [0.15, 0.2) is 0 Å². The Morgan fingerprint density at radius 2 is 1.89 bits per heavy atom. The number of rotatable bonds is 5. The molecular formula is C15H21NO2. The second-order valence-electron chi connectivity index (χ2n) is 4.08. The molecule has 0 bridgehead atoms. The first-order valence-electron chi connectivity index (χ1n) is 5.70. The van der Waals surface area contributed by atoms with Crippen LogP contribution < -0.4 is 0 Å². The van der Waals surface area contributed by atoms with Crippen LogP contribution in [0.15, 0.2) is 49.1 Å². The van der Waals surface area contributed by atoms with Crippen LogP contribution >= 0.6 is 0 Å². The summed E-state index contributed by atoms with van der Waals surface area (Å²) in [6, 6.07) is 10.0. The van der Waals surface area contributed by atoms with Gasteiger partial charge in [-0.3, -0.25) is 0 Å². The molecule has 0 aliphatic heterocycles. The van der Waals surface area contributed by atoms with Gasteiger partial charge < -0.3 is 10.0 Å². The normalized spacial score (nSPS) is 9.28. The Morgan fingerprint density at radius 3 is 2.22 bits per heavy atom. The van der Waals surface area contributed by atoms with E-state index in [2.05, 4.69) is 13.2 Å². The molecule has 0 amide bonds. The Labute approximate surface area is 109 Å². The second kappa shape index (κ2) is 9.19. The molecule has 0 spiro atoms. The third kappa shape index (κ3) is 8.30. The van der Waals surface area contributed by atoms with Gasteiger partial charge in [-0.05, 0) is 26.1 Å². The molecule has 1 rings (SSSR count). The molecule has 3 nitrogen and oxygen atoms in total. The van der Waals surface area contributed by atoms with Crippen molar-refractivity contribution in [2.45, 2.75) is 6.42 Å². The predicted octanol–water partition coefficient (Wildman–Crippen LogP) is 2.91. The summed E-state index contributed by atoms with van der Waals surface area (Å²) in [4.78, 5) is 12.1. The smallest absolute Gasteiger partial charge is 0.331 e. The molecule has 0 aliphatic rings. The number of carbonyl (C=O) groups is 1. The zero-order valence-electron chi connectivity index (χ0n) is 11.1. The van der Waals surface area contributed by atoms with Crippen LogP contribution in [0.5, 0.6) is 0 Å². The molecule has 18 heavy (non-hydrogen) atoms. The second-order valence-corrected chi connectivity index (χ2v) is 4.08. The van der Waals surface area contributed by atoms with Crippen molar-refractivity contribution in [3.8, 4) is 0 Å². The van der Waals surface area contributed by atoms with E-state index in [0.717, 1.165) is 6.54 Å². The van der Waals surface area contributed by atoms with E-state index in [9.17, 15) is 4.79 Å². The fraction of sp³-hybridized carbons (Fsp3) is 0.267. The first-order chi connectivity index (χ1) is 8.47. The first-order valence-corrected chi connectivity index (χ1v) is 5.70. The fourth-order valence-electron chi connectivity index (χ4n) is 1.05. The molecule has 1 N–H and O–H groups in total. The SMILES string of the molecule is C=C(CCN(C)C)C(=O)O.C=Cc1ccccc1. The topological polar surface area (TPSA) is 40.5 Å². The first kappa shape index (κ1) is 16.1. The van der Waals surface area contributed by atoms with Crippen molar-refractivity contribution in [2.24, 2.45) is 0 Å². The van der Waals surface area contributed by atoms with Crippen LogP contribution in [0.1, 0.15) is 12.0 Å². The number of nitrogens with zero attached hydrogens (tertiary/aromatic N) is 1. The molecule has 0 saturated heterocycles. The van der Waals surface area contributed by atoms with Gasteiger partial charge in [0.2, 0.25) is 0 Å². The number of carboxylic acids is 1. The Morgan fingerprint density at radius 1 is 1.33 bits per heavy atom. The number of carboxylic acid groups (broad SMARTS) is 1. The van der Waals surface area contributed by atoms with E-state index >= 15 is 0 Å². The van der Waals surface area contributed by atoms with Crippen LogP contribution in [-0.2, 0) is 4.79 Å². The van der Waals surface area contributed by atoms with Crippen molar-refractivity contribution in [1.29, 1.82) is 0 Å². The Bertz CT molecular complexity index is 383. The van der Waals surface area contributed by atoms with E-state index in [-0.39, 0.29) is 5.57 Å². The molecule has 0 fully saturated rings. The van der Waals surface area contributed by atoms with Crippen LogP contribution in [-0.4, -0.2) is 36.6 Å². The van der Waals surface area contributed by atoms with Crippen molar-refractivity contribution in [3.05, 3.63) is 54.6 Å². The van der Waals surface area contributed by atoms with Crippen LogP contribution in [0.2, 0.25) is 0 Å². The highest BCUT2D eigenvalue weighted by Gasteiger charge is 2.02. The highest BCUT2D eigenvalue weighted by molar-refractivity contribution is 5.85. The molecule has 0 radical (unpaired) electrons.